The Labute approximate surface area is 95.3 Å². The molecule has 0 rings (SSSR count). The predicted octanol–water partition coefficient (Wildman–Crippen LogP) is 1.57. The highest BCUT2D eigenvalue weighted by Crippen LogP contribution is 2.06. The lowest BCUT2D eigenvalue weighted by atomic mass is 10.2. The Morgan fingerprint density at radius 2 is 2.12 bits per heavy atom. The minimum atomic E-state index is -0.497. The fraction of sp³-hybridized carbons (Fsp3) is 0.700. The smallest absolute Gasteiger partial charge is 0.332 e. The van der Waals surface area contributed by atoms with Crippen molar-refractivity contribution in [1.29, 1.82) is 5.53 Å². The van der Waals surface area contributed by atoms with Crippen molar-refractivity contribution in [2.24, 2.45) is 10.8 Å². The molecule has 0 unspecified atom stereocenters. The molecule has 6 heteroatoms. The Balaban J connectivity index is 3.64. The number of carbonyl (C=O) groups excluding carboxylic acids is 1. The summed E-state index contributed by atoms with van der Waals surface area (Å²) in [6, 6.07) is 0. The molecule has 0 fully saturated rings. The second-order valence-electron chi connectivity index (χ2n) is 4.22. The SMILES string of the molecule is CC(C)(C)OC(=O)COCC/C(N)=C/N=N. The highest BCUT2D eigenvalue weighted by molar-refractivity contribution is 5.71. The number of carbonyl (C=O) groups is 1. The monoisotopic (exact) mass is 229 g/mol. The summed E-state index contributed by atoms with van der Waals surface area (Å²) in [6.45, 7) is 5.59. The van der Waals surface area contributed by atoms with Gasteiger partial charge in [0.05, 0.1) is 12.8 Å². The molecule has 0 aromatic carbocycles. The first-order chi connectivity index (χ1) is 7.35. The maximum absolute atomic E-state index is 11.2. The average molecular weight is 229 g/mol. The molecular weight excluding hydrogens is 210 g/mol. The number of ether oxygens (including phenoxy) is 2. The van der Waals surface area contributed by atoms with Crippen LogP contribution in [0.15, 0.2) is 17.0 Å². The molecule has 0 aliphatic heterocycles. The molecule has 3 N–H and O–H groups in total. The van der Waals surface area contributed by atoms with E-state index in [0.29, 0.717) is 18.7 Å². The van der Waals surface area contributed by atoms with Crippen LogP contribution >= 0.6 is 0 Å². The molecule has 0 amide bonds. The van der Waals surface area contributed by atoms with Crippen molar-refractivity contribution < 1.29 is 14.3 Å². The minimum Gasteiger partial charge on any atom is -0.458 e. The van der Waals surface area contributed by atoms with E-state index < -0.39 is 11.6 Å². The van der Waals surface area contributed by atoms with Crippen LogP contribution in [0, 0.1) is 5.53 Å². The van der Waals surface area contributed by atoms with E-state index in [1.807, 2.05) is 0 Å². The highest BCUT2D eigenvalue weighted by Gasteiger charge is 2.15. The van der Waals surface area contributed by atoms with Gasteiger partial charge >= 0.3 is 5.97 Å². The molecular formula is C10H19N3O3. The van der Waals surface area contributed by atoms with E-state index in [2.05, 4.69) is 5.11 Å². The lowest BCUT2D eigenvalue weighted by Gasteiger charge is -2.19. The first-order valence-electron chi connectivity index (χ1n) is 4.96. The number of nitrogens with one attached hydrogen (secondary N) is 1. The molecule has 0 aromatic heterocycles. The standard InChI is InChI=1S/C10H19N3O3/c1-10(2,3)16-9(14)7-15-5-4-8(11)6-13-12/h6,12H,4-5,7,11H2,1-3H3/b8-6-,13-12?. The van der Waals surface area contributed by atoms with Crippen LogP contribution in [0.3, 0.4) is 0 Å². The van der Waals surface area contributed by atoms with E-state index in [4.69, 9.17) is 20.7 Å². The van der Waals surface area contributed by atoms with E-state index in [-0.39, 0.29) is 6.61 Å². The fourth-order valence-electron chi connectivity index (χ4n) is 0.864. The molecule has 0 bridgehead atoms. The van der Waals surface area contributed by atoms with Crippen LogP contribution in [0.1, 0.15) is 27.2 Å². The van der Waals surface area contributed by atoms with Gasteiger partial charge in [-0.3, -0.25) is 0 Å². The summed E-state index contributed by atoms with van der Waals surface area (Å²) in [5.74, 6) is -0.403. The lowest BCUT2D eigenvalue weighted by molar-refractivity contribution is -0.160. The fourth-order valence-corrected chi connectivity index (χ4v) is 0.864. The molecule has 0 radical (unpaired) electrons. The summed E-state index contributed by atoms with van der Waals surface area (Å²) < 4.78 is 10.1. The first-order valence-corrected chi connectivity index (χ1v) is 4.96. The summed E-state index contributed by atoms with van der Waals surface area (Å²) in [7, 11) is 0. The summed E-state index contributed by atoms with van der Waals surface area (Å²) in [6.07, 6.45) is 1.67. The van der Waals surface area contributed by atoms with Crippen molar-refractivity contribution in [2.45, 2.75) is 32.8 Å². The molecule has 16 heavy (non-hydrogen) atoms. The minimum absolute atomic E-state index is 0.0947. The van der Waals surface area contributed by atoms with Crippen molar-refractivity contribution in [2.75, 3.05) is 13.2 Å². The predicted molar refractivity (Wildman–Crippen MR) is 58.7 cm³/mol. The Morgan fingerprint density at radius 3 is 2.62 bits per heavy atom. The number of nitrogens with two attached hydrogens (primary N) is 1. The van der Waals surface area contributed by atoms with E-state index in [9.17, 15) is 4.79 Å². The second-order valence-corrected chi connectivity index (χ2v) is 4.22. The maximum Gasteiger partial charge on any atom is 0.332 e. The van der Waals surface area contributed by atoms with Crippen LogP contribution in [0.25, 0.3) is 0 Å². The van der Waals surface area contributed by atoms with Crippen LogP contribution in [-0.2, 0) is 14.3 Å². The van der Waals surface area contributed by atoms with Gasteiger partial charge in [0.25, 0.3) is 0 Å². The number of hydrogen-bond acceptors (Lipinski definition) is 6. The Bertz CT molecular complexity index is 269. The van der Waals surface area contributed by atoms with Crippen molar-refractivity contribution in [3.8, 4) is 0 Å². The van der Waals surface area contributed by atoms with Gasteiger partial charge in [-0.1, -0.05) is 0 Å². The summed E-state index contributed by atoms with van der Waals surface area (Å²) in [4.78, 5) is 11.2. The van der Waals surface area contributed by atoms with E-state index in [1.165, 1.54) is 6.20 Å². The Hall–Kier alpha value is -1.43. The van der Waals surface area contributed by atoms with Crippen LogP contribution < -0.4 is 5.73 Å². The maximum atomic E-state index is 11.2. The van der Waals surface area contributed by atoms with Gasteiger partial charge in [-0.05, 0) is 20.8 Å². The number of nitrogens with zero attached hydrogens (tertiary/aromatic N) is 1. The van der Waals surface area contributed by atoms with Crippen molar-refractivity contribution in [1.82, 2.24) is 0 Å². The summed E-state index contributed by atoms with van der Waals surface area (Å²) >= 11 is 0. The lowest BCUT2D eigenvalue weighted by Crippen LogP contribution is -2.26. The van der Waals surface area contributed by atoms with E-state index in [0.717, 1.165) is 0 Å². The molecule has 0 saturated heterocycles. The van der Waals surface area contributed by atoms with E-state index >= 15 is 0 Å². The van der Waals surface area contributed by atoms with Crippen molar-refractivity contribution in [3.05, 3.63) is 11.9 Å². The molecule has 0 aliphatic carbocycles. The largest absolute Gasteiger partial charge is 0.458 e. The number of hydrogen-bond donors (Lipinski definition) is 2. The quantitative estimate of drug-likeness (QED) is 0.410. The van der Waals surface area contributed by atoms with Gasteiger partial charge in [0.15, 0.2) is 0 Å². The highest BCUT2D eigenvalue weighted by atomic mass is 16.6. The van der Waals surface area contributed by atoms with Crippen molar-refractivity contribution >= 4 is 5.97 Å². The Kier molecular flexibility index (Phi) is 6.32. The molecule has 0 aromatic rings. The van der Waals surface area contributed by atoms with Gasteiger partial charge in [0, 0.05) is 12.1 Å². The zero-order chi connectivity index (χ0) is 12.6. The topological polar surface area (TPSA) is 97.8 Å². The number of rotatable bonds is 6. The molecule has 0 atom stereocenters. The third kappa shape index (κ3) is 9.14. The van der Waals surface area contributed by atoms with Crippen LogP contribution in [0.4, 0.5) is 0 Å². The van der Waals surface area contributed by atoms with Gasteiger partial charge < -0.3 is 15.2 Å². The van der Waals surface area contributed by atoms with Crippen LogP contribution in [-0.4, -0.2) is 24.8 Å². The van der Waals surface area contributed by atoms with Gasteiger partial charge in [0.2, 0.25) is 0 Å². The molecule has 6 nitrogen and oxygen atoms in total. The first kappa shape index (κ1) is 14.6. The Morgan fingerprint density at radius 1 is 1.50 bits per heavy atom. The van der Waals surface area contributed by atoms with Crippen LogP contribution in [0.5, 0.6) is 0 Å². The van der Waals surface area contributed by atoms with Crippen molar-refractivity contribution in [3.63, 3.8) is 0 Å². The zero-order valence-corrected chi connectivity index (χ0v) is 9.95. The van der Waals surface area contributed by atoms with Gasteiger partial charge in [-0.15, -0.1) is 0 Å². The molecule has 0 spiro atoms. The summed E-state index contributed by atoms with van der Waals surface area (Å²) in [5.41, 5.74) is 11.9. The third-order valence-corrected chi connectivity index (χ3v) is 1.41. The zero-order valence-electron chi connectivity index (χ0n) is 9.95. The normalized spacial score (nSPS) is 12.3. The number of esters is 1. The van der Waals surface area contributed by atoms with Gasteiger partial charge in [-0.2, -0.15) is 5.11 Å². The molecule has 92 valence electrons. The molecule has 0 aliphatic rings. The van der Waals surface area contributed by atoms with Gasteiger partial charge in [0.1, 0.15) is 12.2 Å². The van der Waals surface area contributed by atoms with E-state index in [1.54, 1.807) is 20.8 Å². The van der Waals surface area contributed by atoms with Crippen LogP contribution in [0.2, 0.25) is 0 Å². The third-order valence-electron chi connectivity index (χ3n) is 1.41. The molecule has 0 heterocycles. The summed E-state index contributed by atoms with van der Waals surface area (Å²) in [5, 5.41) is 3.01. The van der Waals surface area contributed by atoms with Gasteiger partial charge in [-0.25, -0.2) is 10.3 Å². The second kappa shape index (κ2) is 6.95. The average Bonchev–Trinajstić information content (AvgIpc) is 2.10. The molecule has 0 saturated carbocycles.